The second-order valence-corrected chi connectivity index (χ2v) is 16.6. The molecular weight excluding hydrogens is 695 g/mol. The maximum Gasteiger partial charge on any atom is 0.149 e. The lowest BCUT2D eigenvalue weighted by molar-refractivity contribution is 0.477. The van der Waals surface area contributed by atoms with Gasteiger partial charge in [0.1, 0.15) is 11.6 Å². The molecular formula is C53H51N3O. The highest BCUT2D eigenvalue weighted by Gasteiger charge is 2.23. The van der Waals surface area contributed by atoms with Crippen molar-refractivity contribution in [3.8, 4) is 67.5 Å². The molecule has 2 aromatic heterocycles. The molecule has 8 rings (SSSR count). The molecule has 0 radical (unpaired) electrons. The summed E-state index contributed by atoms with van der Waals surface area (Å²) in [5.74, 6) is -0.842. The van der Waals surface area contributed by atoms with E-state index in [1.54, 1.807) is 6.07 Å². The van der Waals surface area contributed by atoms with Gasteiger partial charge in [-0.05, 0) is 129 Å². The molecule has 0 aliphatic heterocycles. The van der Waals surface area contributed by atoms with Crippen LogP contribution in [0.4, 0.5) is 0 Å². The lowest BCUT2D eigenvalue weighted by Crippen LogP contribution is -2.11. The maximum atomic E-state index is 11.3. The number of phenols is 1. The van der Waals surface area contributed by atoms with Gasteiger partial charge in [-0.15, -0.1) is 0 Å². The second kappa shape index (κ2) is 15.0. The van der Waals surface area contributed by atoms with Gasteiger partial charge in [-0.25, -0.2) is 4.98 Å². The first-order valence-corrected chi connectivity index (χ1v) is 19.7. The summed E-state index contributed by atoms with van der Waals surface area (Å²) >= 11 is 0. The number of benzene rings is 6. The van der Waals surface area contributed by atoms with Crippen LogP contribution in [0.2, 0.25) is 0 Å². The van der Waals surface area contributed by atoms with Crippen LogP contribution in [0.15, 0.2) is 146 Å². The van der Waals surface area contributed by atoms with Gasteiger partial charge in [0.05, 0.1) is 28.0 Å². The highest BCUT2D eigenvalue weighted by atomic mass is 16.3. The zero-order valence-corrected chi connectivity index (χ0v) is 34.1. The lowest BCUT2D eigenvalue weighted by Gasteiger charge is -2.22. The zero-order chi connectivity index (χ0) is 41.9. The number of pyridine rings is 1. The zero-order valence-electron chi connectivity index (χ0n) is 36.1. The van der Waals surface area contributed by atoms with Crippen LogP contribution >= 0.6 is 0 Å². The van der Waals surface area contributed by atoms with Crippen LogP contribution < -0.4 is 0 Å². The van der Waals surface area contributed by atoms with Gasteiger partial charge in [-0.1, -0.05) is 133 Å². The molecule has 0 saturated carbocycles. The predicted octanol–water partition coefficient (Wildman–Crippen LogP) is 14.3. The molecule has 0 spiro atoms. The van der Waals surface area contributed by atoms with Gasteiger partial charge < -0.3 is 5.11 Å². The average molecular weight is 748 g/mol. The molecule has 0 bridgehead atoms. The minimum Gasteiger partial charge on any atom is -0.507 e. The topological polar surface area (TPSA) is 50.9 Å². The third kappa shape index (κ3) is 7.40. The van der Waals surface area contributed by atoms with E-state index in [1.807, 2.05) is 64.2 Å². The monoisotopic (exact) mass is 747 g/mol. The summed E-state index contributed by atoms with van der Waals surface area (Å²) in [5, 5.41) is 11.3. The number of hydrogen-bond acceptors (Lipinski definition) is 3. The van der Waals surface area contributed by atoms with E-state index in [2.05, 4.69) is 135 Å². The SMILES string of the molecule is [2H]C(C)(C)c1cc(-c2ccc(-n3c(-c4ccccc4O)nc4c(-c5cc(-c6cc(-c7ccccc7)ccn6)cc(C(C)(C)C)c5)cccc43)c(C)c2)cc(C([2H])(C)C)c1. The van der Waals surface area contributed by atoms with E-state index in [0.29, 0.717) is 11.4 Å². The van der Waals surface area contributed by atoms with Gasteiger partial charge in [0.25, 0.3) is 0 Å². The second-order valence-electron chi connectivity index (χ2n) is 16.6. The predicted molar refractivity (Wildman–Crippen MR) is 239 cm³/mol. The molecule has 1 N–H and O–H groups in total. The first-order valence-electron chi connectivity index (χ1n) is 20.7. The van der Waals surface area contributed by atoms with Gasteiger partial charge >= 0.3 is 0 Å². The minimum atomic E-state index is -0.819. The average Bonchev–Trinajstić information content (AvgIpc) is 3.59. The van der Waals surface area contributed by atoms with Crippen LogP contribution in [-0.2, 0) is 5.41 Å². The lowest BCUT2D eigenvalue weighted by atomic mass is 9.83. The Labute approximate surface area is 340 Å². The Balaban J connectivity index is 1.32. The molecule has 0 saturated heterocycles. The molecule has 4 heteroatoms. The van der Waals surface area contributed by atoms with Crippen molar-refractivity contribution in [3.05, 3.63) is 168 Å². The summed E-state index contributed by atoms with van der Waals surface area (Å²) in [6.07, 6.45) is 1.89. The maximum absolute atomic E-state index is 11.3. The Morgan fingerprint density at radius 1 is 0.596 bits per heavy atom. The van der Waals surface area contributed by atoms with Crippen LogP contribution in [0.1, 0.15) is 85.2 Å². The van der Waals surface area contributed by atoms with E-state index in [0.717, 1.165) is 78.0 Å². The van der Waals surface area contributed by atoms with Crippen molar-refractivity contribution >= 4 is 11.0 Å². The number of para-hydroxylation sites is 2. The smallest absolute Gasteiger partial charge is 0.149 e. The molecule has 0 aliphatic carbocycles. The molecule has 57 heavy (non-hydrogen) atoms. The summed E-state index contributed by atoms with van der Waals surface area (Å²) < 4.78 is 19.8. The molecule has 0 atom stereocenters. The fraction of sp³-hybridized carbons (Fsp3) is 0.208. The van der Waals surface area contributed by atoms with Crippen LogP contribution in [0.5, 0.6) is 5.75 Å². The van der Waals surface area contributed by atoms with E-state index in [9.17, 15) is 5.11 Å². The quantitative estimate of drug-likeness (QED) is 0.168. The largest absolute Gasteiger partial charge is 0.507 e. The number of aryl methyl sites for hydroxylation is 1. The van der Waals surface area contributed by atoms with Crippen molar-refractivity contribution in [2.45, 2.75) is 72.6 Å². The Kier molecular flexibility index (Phi) is 9.26. The third-order valence-corrected chi connectivity index (χ3v) is 11.0. The van der Waals surface area contributed by atoms with E-state index >= 15 is 0 Å². The standard InChI is InChI=1S/C53H51N3O/c1-33(2)39-26-40(34(3)4)28-41(27-39)37-21-22-48(35(5)25-37)56-49-19-14-18-45(51(49)55-52(56)46-17-12-13-20-50(46)57)42-29-43(31-44(30-42)53(6,7)8)47-32-38(23-24-54-47)36-15-10-9-11-16-36/h9-34,57H,1-8H3/i33D,34D. The van der Waals surface area contributed by atoms with Crippen molar-refractivity contribution in [2.75, 3.05) is 0 Å². The molecule has 0 amide bonds. The molecule has 0 aliphatic rings. The Hall–Kier alpha value is -6.26. The first-order chi connectivity index (χ1) is 28.0. The summed E-state index contributed by atoms with van der Waals surface area (Å²) in [4.78, 5) is 10.3. The van der Waals surface area contributed by atoms with E-state index in [4.69, 9.17) is 12.7 Å². The van der Waals surface area contributed by atoms with E-state index in [1.165, 1.54) is 5.56 Å². The number of aromatic hydroxyl groups is 1. The summed E-state index contributed by atoms with van der Waals surface area (Å²) in [5.41, 5.74) is 15.3. The van der Waals surface area contributed by atoms with Crippen molar-refractivity contribution in [1.29, 1.82) is 0 Å². The number of aromatic nitrogens is 3. The first kappa shape index (κ1) is 35.2. The molecule has 6 aromatic carbocycles. The van der Waals surface area contributed by atoms with Gasteiger partial charge in [-0.3, -0.25) is 9.55 Å². The number of fused-ring (bicyclic) bond motifs is 1. The number of rotatable bonds is 8. The molecule has 284 valence electrons. The van der Waals surface area contributed by atoms with Crippen LogP contribution in [0.3, 0.4) is 0 Å². The summed E-state index contributed by atoms with van der Waals surface area (Å²) in [6, 6.07) is 47.6. The van der Waals surface area contributed by atoms with Crippen LogP contribution in [0.25, 0.3) is 72.7 Å². The van der Waals surface area contributed by atoms with Gasteiger partial charge in [0.2, 0.25) is 0 Å². The van der Waals surface area contributed by atoms with Crippen LogP contribution in [0, 0.1) is 6.92 Å². The molecule has 0 fully saturated rings. The van der Waals surface area contributed by atoms with E-state index < -0.39 is 11.8 Å². The number of nitrogens with zero attached hydrogens (tertiary/aromatic N) is 3. The normalized spacial score (nSPS) is 12.8. The van der Waals surface area contributed by atoms with Crippen molar-refractivity contribution in [3.63, 3.8) is 0 Å². The molecule has 8 aromatic rings. The van der Waals surface area contributed by atoms with Crippen molar-refractivity contribution in [1.82, 2.24) is 14.5 Å². The Bertz CT molecular complexity index is 2820. The Morgan fingerprint density at radius 2 is 1.26 bits per heavy atom. The van der Waals surface area contributed by atoms with E-state index in [-0.39, 0.29) is 11.2 Å². The minimum absolute atomic E-state index is 0.137. The molecule has 4 nitrogen and oxygen atoms in total. The van der Waals surface area contributed by atoms with Gasteiger partial charge in [0, 0.05) is 20.1 Å². The van der Waals surface area contributed by atoms with Crippen molar-refractivity contribution < 1.29 is 7.85 Å². The molecule has 0 unspecified atom stereocenters. The number of phenolic OH excluding ortho intramolecular Hbond substituents is 1. The number of imidazole rings is 1. The van der Waals surface area contributed by atoms with Gasteiger partial charge in [0.15, 0.2) is 0 Å². The third-order valence-electron chi connectivity index (χ3n) is 11.0. The van der Waals surface area contributed by atoms with Crippen molar-refractivity contribution in [2.24, 2.45) is 0 Å². The Morgan fingerprint density at radius 3 is 1.95 bits per heavy atom. The highest BCUT2D eigenvalue weighted by molar-refractivity contribution is 5.97. The summed E-state index contributed by atoms with van der Waals surface area (Å²) in [7, 11) is 0. The summed E-state index contributed by atoms with van der Waals surface area (Å²) in [6.45, 7) is 16.4. The number of hydrogen-bond donors (Lipinski definition) is 1. The van der Waals surface area contributed by atoms with Gasteiger partial charge in [-0.2, -0.15) is 0 Å². The highest BCUT2D eigenvalue weighted by Crippen LogP contribution is 2.41. The fourth-order valence-corrected chi connectivity index (χ4v) is 7.64. The molecule has 2 heterocycles. The fourth-order valence-electron chi connectivity index (χ4n) is 7.64. The van der Waals surface area contributed by atoms with Crippen LogP contribution in [-0.4, -0.2) is 19.6 Å².